The number of carboxylic acids is 1. The maximum atomic E-state index is 12.9. The fourth-order valence-electron chi connectivity index (χ4n) is 4.17. The van der Waals surface area contributed by atoms with Crippen LogP contribution < -0.4 is 10.6 Å². The predicted octanol–water partition coefficient (Wildman–Crippen LogP) is 4.56. The number of hydrogen-bond donors (Lipinski definition) is 3. The van der Waals surface area contributed by atoms with Gasteiger partial charge in [-0.2, -0.15) is 0 Å². The molecule has 0 saturated carbocycles. The number of nitrogens with one attached hydrogen (secondary N) is 2. The molecule has 0 fully saturated rings. The van der Waals surface area contributed by atoms with E-state index in [2.05, 4.69) is 22.8 Å². The number of fused-ring (bicyclic) bond motifs is 3. The Labute approximate surface area is 200 Å². The van der Waals surface area contributed by atoms with E-state index in [9.17, 15) is 19.5 Å². The Morgan fingerprint density at radius 1 is 0.971 bits per heavy atom. The summed E-state index contributed by atoms with van der Waals surface area (Å²) in [4.78, 5) is 37.2. The van der Waals surface area contributed by atoms with Crippen LogP contribution in [-0.2, 0) is 14.3 Å². The fraction of sp³-hybridized carbons (Fsp3) is 0.444. The van der Waals surface area contributed by atoms with Gasteiger partial charge in [-0.05, 0) is 41.0 Å². The van der Waals surface area contributed by atoms with E-state index >= 15 is 0 Å². The highest BCUT2D eigenvalue weighted by molar-refractivity contribution is 5.87. The van der Waals surface area contributed by atoms with Gasteiger partial charge in [-0.25, -0.2) is 4.79 Å². The molecular formula is C27H34N2O5. The van der Waals surface area contributed by atoms with E-state index in [0.29, 0.717) is 6.42 Å². The second kappa shape index (κ2) is 9.87. The first-order valence-electron chi connectivity index (χ1n) is 11.6. The van der Waals surface area contributed by atoms with Crippen LogP contribution in [0.2, 0.25) is 0 Å². The van der Waals surface area contributed by atoms with Crippen molar-refractivity contribution in [1.29, 1.82) is 0 Å². The SMILES string of the molecule is CCC(C)(CNC(=O)[C@@H](NC(=O)OCC1c2ccccc2-c2ccccc21)C(C)(C)C)C(=O)O. The number of carbonyl (C=O) groups is 3. The van der Waals surface area contributed by atoms with E-state index in [0.717, 1.165) is 22.3 Å². The summed E-state index contributed by atoms with van der Waals surface area (Å²) in [5.41, 5.74) is 2.79. The zero-order valence-corrected chi connectivity index (χ0v) is 20.5. The number of alkyl carbamates (subject to hydrolysis) is 1. The lowest BCUT2D eigenvalue weighted by Gasteiger charge is -2.31. The van der Waals surface area contributed by atoms with Gasteiger partial charge in [-0.1, -0.05) is 76.2 Å². The minimum absolute atomic E-state index is 0.0311. The van der Waals surface area contributed by atoms with Crippen LogP contribution in [0.5, 0.6) is 0 Å². The number of amides is 2. The minimum Gasteiger partial charge on any atom is -0.481 e. The Balaban J connectivity index is 1.67. The molecule has 0 saturated heterocycles. The van der Waals surface area contributed by atoms with Crippen LogP contribution in [0.3, 0.4) is 0 Å². The van der Waals surface area contributed by atoms with Crippen molar-refractivity contribution in [1.82, 2.24) is 10.6 Å². The van der Waals surface area contributed by atoms with Crippen molar-refractivity contribution in [2.45, 2.75) is 53.0 Å². The molecule has 0 aromatic heterocycles. The van der Waals surface area contributed by atoms with Crippen molar-refractivity contribution in [3.63, 3.8) is 0 Å². The predicted molar refractivity (Wildman–Crippen MR) is 130 cm³/mol. The quantitative estimate of drug-likeness (QED) is 0.529. The molecule has 7 heteroatoms. The summed E-state index contributed by atoms with van der Waals surface area (Å²) in [7, 11) is 0. The van der Waals surface area contributed by atoms with Crippen LogP contribution >= 0.6 is 0 Å². The van der Waals surface area contributed by atoms with Gasteiger partial charge in [0.25, 0.3) is 0 Å². The highest BCUT2D eigenvalue weighted by atomic mass is 16.5. The number of hydrogen-bond acceptors (Lipinski definition) is 4. The van der Waals surface area contributed by atoms with Crippen molar-refractivity contribution >= 4 is 18.0 Å². The number of benzene rings is 2. The van der Waals surface area contributed by atoms with Crippen LogP contribution in [0.25, 0.3) is 11.1 Å². The van der Waals surface area contributed by atoms with Gasteiger partial charge in [0.15, 0.2) is 0 Å². The Bertz CT molecular complexity index is 1030. The molecule has 0 heterocycles. The van der Waals surface area contributed by atoms with Crippen LogP contribution in [0.1, 0.15) is 58.1 Å². The largest absolute Gasteiger partial charge is 0.481 e. The molecule has 34 heavy (non-hydrogen) atoms. The summed E-state index contributed by atoms with van der Waals surface area (Å²) in [5, 5.41) is 14.9. The Morgan fingerprint density at radius 2 is 1.50 bits per heavy atom. The lowest BCUT2D eigenvalue weighted by Crippen LogP contribution is -2.55. The van der Waals surface area contributed by atoms with Crippen molar-refractivity contribution < 1.29 is 24.2 Å². The summed E-state index contributed by atoms with van der Waals surface area (Å²) < 4.78 is 5.60. The molecular weight excluding hydrogens is 432 g/mol. The molecule has 0 bridgehead atoms. The molecule has 2 aromatic rings. The van der Waals surface area contributed by atoms with E-state index in [1.807, 2.05) is 57.2 Å². The van der Waals surface area contributed by atoms with E-state index in [-0.39, 0.29) is 19.1 Å². The van der Waals surface area contributed by atoms with Gasteiger partial charge in [-0.3, -0.25) is 9.59 Å². The molecule has 2 amide bonds. The first-order chi connectivity index (χ1) is 16.0. The average Bonchev–Trinajstić information content (AvgIpc) is 3.12. The molecule has 1 aliphatic carbocycles. The van der Waals surface area contributed by atoms with Gasteiger partial charge < -0.3 is 20.5 Å². The third kappa shape index (κ3) is 5.24. The zero-order chi connectivity index (χ0) is 25.1. The topological polar surface area (TPSA) is 105 Å². The Hall–Kier alpha value is -3.35. The molecule has 3 N–H and O–H groups in total. The van der Waals surface area contributed by atoms with Crippen molar-refractivity contribution in [2.75, 3.05) is 13.2 Å². The highest BCUT2D eigenvalue weighted by Gasteiger charge is 2.37. The fourth-order valence-corrected chi connectivity index (χ4v) is 4.17. The first kappa shape index (κ1) is 25.3. The molecule has 0 aliphatic heterocycles. The van der Waals surface area contributed by atoms with Crippen molar-refractivity contribution in [2.24, 2.45) is 10.8 Å². The molecule has 182 valence electrons. The van der Waals surface area contributed by atoms with Crippen LogP contribution in [0.15, 0.2) is 48.5 Å². The molecule has 7 nitrogen and oxygen atoms in total. The summed E-state index contributed by atoms with van der Waals surface area (Å²) in [5.74, 6) is -1.50. The number of ether oxygens (including phenoxy) is 1. The second-order valence-electron chi connectivity index (χ2n) is 10.2. The van der Waals surface area contributed by atoms with E-state index < -0.39 is 34.8 Å². The summed E-state index contributed by atoms with van der Waals surface area (Å²) >= 11 is 0. The molecule has 0 spiro atoms. The molecule has 3 rings (SSSR count). The molecule has 1 unspecified atom stereocenters. The number of rotatable bonds is 8. The maximum Gasteiger partial charge on any atom is 0.407 e. The van der Waals surface area contributed by atoms with E-state index in [1.165, 1.54) is 0 Å². The normalized spacial score (nSPS) is 15.4. The van der Waals surface area contributed by atoms with Crippen LogP contribution in [0.4, 0.5) is 4.79 Å². The van der Waals surface area contributed by atoms with Gasteiger partial charge >= 0.3 is 12.1 Å². The summed E-state index contributed by atoms with van der Waals surface area (Å²) in [6, 6.07) is 15.2. The monoisotopic (exact) mass is 466 g/mol. The standard InChI is InChI=1S/C27H34N2O5/c1-6-27(5,24(31)32)16-28-23(30)22(26(2,3)4)29-25(33)34-15-21-19-13-9-7-11-17(19)18-12-8-10-14-20(18)21/h7-14,21-22H,6,15-16H2,1-5H3,(H,28,30)(H,29,33)(H,31,32)/t22-,27?/m1/s1. The van der Waals surface area contributed by atoms with Gasteiger partial charge in [0.05, 0.1) is 5.41 Å². The van der Waals surface area contributed by atoms with Crippen LogP contribution in [0, 0.1) is 10.8 Å². The third-order valence-electron chi connectivity index (χ3n) is 6.68. The molecule has 0 radical (unpaired) electrons. The smallest absolute Gasteiger partial charge is 0.407 e. The van der Waals surface area contributed by atoms with Gasteiger partial charge in [0, 0.05) is 12.5 Å². The molecule has 1 aliphatic rings. The van der Waals surface area contributed by atoms with E-state index in [1.54, 1.807) is 13.8 Å². The minimum atomic E-state index is -1.08. The lowest BCUT2D eigenvalue weighted by molar-refractivity contribution is -0.148. The highest BCUT2D eigenvalue weighted by Crippen LogP contribution is 2.44. The zero-order valence-electron chi connectivity index (χ0n) is 20.5. The van der Waals surface area contributed by atoms with Gasteiger partial charge in [-0.15, -0.1) is 0 Å². The second-order valence-corrected chi connectivity index (χ2v) is 10.2. The van der Waals surface area contributed by atoms with E-state index in [4.69, 9.17) is 4.74 Å². The van der Waals surface area contributed by atoms with Gasteiger partial charge in [0.2, 0.25) is 5.91 Å². The maximum absolute atomic E-state index is 12.9. The third-order valence-corrected chi connectivity index (χ3v) is 6.68. The van der Waals surface area contributed by atoms with Crippen molar-refractivity contribution in [3.8, 4) is 11.1 Å². The Morgan fingerprint density at radius 3 is 1.97 bits per heavy atom. The average molecular weight is 467 g/mol. The number of carboxylic acid groups (broad SMARTS) is 1. The summed E-state index contributed by atoms with van der Waals surface area (Å²) in [6.45, 7) is 8.95. The Kier molecular flexibility index (Phi) is 7.34. The van der Waals surface area contributed by atoms with Crippen molar-refractivity contribution in [3.05, 3.63) is 59.7 Å². The number of aliphatic carboxylic acids is 1. The molecule has 2 atom stereocenters. The first-order valence-corrected chi connectivity index (χ1v) is 11.6. The summed E-state index contributed by atoms with van der Waals surface area (Å²) in [6.07, 6.45) is -0.323. The lowest BCUT2D eigenvalue weighted by atomic mass is 9.84. The van der Waals surface area contributed by atoms with Gasteiger partial charge in [0.1, 0.15) is 12.6 Å². The van der Waals surface area contributed by atoms with Crippen LogP contribution in [-0.4, -0.2) is 42.3 Å². The molecule has 2 aromatic carbocycles. The number of carbonyl (C=O) groups excluding carboxylic acids is 2.